The van der Waals surface area contributed by atoms with Crippen LogP contribution in [-0.4, -0.2) is 34.0 Å². The Kier molecular flexibility index (Phi) is 4.16. The molecule has 2 rings (SSSR count). The van der Waals surface area contributed by atoms with Gasteiger partial charge in [0.2, 0.25) is 0 Å². The summed E-state index contributed by atoms with van der Waals surface area (Å²) in [4.78, 5) is 25.2. The van der Waals surface area contributed by atoms with Crippen molar-refractivity contribution >= 4 is 18.0 Å². The molecule has 1 amide bonds. The lowest BCUT2D eigenvalue weighted by Crippen LogP contribution is -2.42. The molecular formula is C17H21NO3. The predicted molar refractivity (Wildman–Crippen MR) is 82.2 cm³/mol. The lowest BCUT2D eigenvalue weighted by atomic mass is 10.00. The number of aryl methyl sites for hydroxylation is 1. The summed E-state index contributed by atoms with van der Waals surface area (Å²) in [6.07, 6.45) is 4.66. The topological polar surface area (TPSA) is 57.6 Å². The number of carboxylic acids is 1. The molecule has 1 N–H and O–H groups in total. The Hall–Kier alpha value is -2.10. The van der Waals surface area contributed by atoms with Gasteiger partial charge in [0.15, 0.2) is 0 Å². The molecule has 1 heterocycles. The van der Waals surface area contributed by atoms with Gasteiger partial charge < -0.3 is 10.0 Å². The molecule has 112 valence electrons. The third kappa shape index (κ3) is 3.32. The number of carbonyl (C=O) groups excluding carboxylic acids is 1. The Morgan fingerprint density at radius 1 is 1.33 bits per heavy atom. The number of amides is 1. The Labute approximate surface area is 125 Å². The third-order valence-electron chi connectivity index (χ3n) is 4.08. The highest BCUT2D eigenvalue weighted by Crippen LogP contribution is 2.30. The number of hydrogen-bond acceptors (Lipinski definition) is 2. The van der Waals surface area contributed by atoms with Gasteiger partial charge in [0.05, 0.1) is 0 Å². The minimum atomic E-state index is -0.994. The number of carboxylic acid groups (broad SMARTS) is 1. The maximum Gasteiger partial charge on any atom is 0.328 e. The van der Waals surface area contributed by atoms with Crippen molar-refractivity contribution in [3.63, 3.8) is 0 Å². The van der Waals surface area contributed by atoms with E-state index in [-0.39, 0.29) is 11.4 Å². The average Bonchev–Trinajstić information content (AvgIpc) is 2.76. The van der Waals surface area contributed by atoms with Gasteiger partial charge in [-0.3, -0.25) is 4.79 Å². The summed E-state index contributed by atoms with van der Waals surface area (Å²) in [7, 11) is 0. The fourth-order valence-electron chi connectivity index (χ4n) is 2.75. The molecule has 0 unspecified atom stereocenters. The lowest BCUT2D eigenvalue weighted by Gasteiger charge is -2.31. The van der Waals surface area contributed by atoms with Gasteiger partial charge in [-0.2, -0.15) is 0 Å². The molecule has 1 aliphatic heterocycles. The van der Waals surface area contributed by atoms with Crippen LogP contribution in [0.2, 0.25) is 0 Å². The molecule has 1 aromatic rings. The predicted octanol–water partition coefficient (Wildman–Crippen LogP) is 3.11. The minimum absolute atomic E-state index is 0.0162. The van der Waals surface area contributed by atoms with Gasteiger partial charge in [0, 0.05) is 23.7 Å². The summed E-state index contributed by atoms with van der Waals surface area (Å²) < 4.78 is 0. The van der Waals surface area contributed by atoms with Crippen molar-refractivity contribution in [3.05, 3.63) is 41.0 Å². The molecule has 0 bridgehead atoms. The molecule has 21 heavy (non-hydrogen) atoms. The molecule has 0 saturated carbocycles. The number of carbonyl (C=O) groups is 2. The summed E-state index contributed by atoms with van der Waals surface area (Å²) in [6, 6.07) is 5.44. The Morgan fingerprint density at radius 3 is 2.62 bits per heavy atom. The van der Waals surface area contributed by atoms with Crippen molar-refractivity contribution < 1.29 is 14.7 Å². The zero-order valence-corrected chi connectivity index (χ0v) is 12.7. The van der Waals surface area contributed by atoms with Crippen molar-refractivity contribution in [1.82, 2.24) is 4.90 Å². The van der Waals surface area contributed by atoms with Gasteiger partial charge in [-0.15, -0.1) is 0 Å². The SMILES string of the molecule is Cc1ccc(C(=O)N2CCCC2(C)C)cc1/C=C/C(=O)O. The van der Waals surface area contributed by atoms with E-state index in [0.29, 0.717) is 5.56 Å². The number of rotatable bonds is 3. The minimum Gasteiger partial charge on any atom is -0.478 e. The van der Waals surface area contributed by atoms with Gasteiger partial charge >= 0.3 is 5.97 Å². The van der Waals surface area contributed by atoms with Crippen LogP contribution < -0.4 is 0 Å². The molecule has 4 nitrogen and oxygen atoms in total. The highest BCUT2D eigenvalue weighted by molar-refractivity contribution is 5.96. The maximum absolute atomic E-state index is 12.6. The average molecular weight is 287 g/mol. The Balaban J connectivity index is 2.30. The Bertz CT molecular complexity index is 602. The fourth-order valence-corrected chi connectivity index (χ4v) is 2.75. The van der Waals surface area contributed by atoms with Gasteiger partial charge in [0.1, 0.15) is 0 Å². The van der Waals surface area contributed by atoms with Crippen LogP contribution in [0.4, 0.5) is 0 Å². The molecule has 4 heteroatoms. The molecule has 1 fully saturated rings. The van der Waals surface area contributed by atoms with E-state index in [0.717, 1.165) is 36.6 Å². The lowest BCUT2D eigenvalue weighted by molar-refractivity contribution is -0.131. The summed E-state index contributed by atoms with van der Waals surface area (Å²) >= 11 is 0. The van der Waals surface area contributed by atoms with Crippen LogP contribution in [0.15, 0.2) is 24.3 Å². The van der Waals surface area contributed by atoms with Crippen LogP contribution >= 0.6 is 0 Å². The fraction of sp³-hybridized carbons (Fsp3) is 0.412. The normalized spacial score (nSPS) is 17.4. The van der Waals surface area contributed by atoms with Crippen molar-refractivity contribution in [1.29, 1.82) is 0 Å². The summed E-state index contributed by atoms with van der Waals surface area (Å²) in [5, 5.41) is 8.72. The highest BCUT2D eigenvalue weighted by Gasteiger charge is 2.35. The van der Waals surface area contributed by atoms with Crippen LogP contribution in [0.3, 0.4) is 0 Å². The van der Waals surface area contributed by atoms with Crippen LogP contribution in [0.5, 0.6) is 0 Å². The van der Waals surface area contributed by atoms with E-state index in [1.54, 1.807) is 6.07 Å². The smallest absolute Gasteiger partial charge is 0.328 e. The quantitative estimate of drug-likeness (QED) is 0.869. The van der Waals surface area contributed by atoms with E-state index in [1.165, 1.54) is 6.08 Å². The summed E-state index contributed by atoms with van der Waals surface area (Å²) in [5.41, 5.74) is 2.21. The zero-order valence-electron chi connectivity index (χ0n) is 12.7. The molecule has 1 aliphatic rings. The molecule has 1 aromatic carbocycles. The first-order valence-electron chi connectivity index (χ1n) is 7.15. The van der Waals surface area contributed by atoms with Gasteiger partial charge in [0.25, 0.3) is 5.91 Å². The number of hydrogen-bond donors (Lipinski definition) is 1. The van der Waals surface area contributed by atoms with E-state index < -0.39 is 5.97 Å². The van der Waals surface area contributed by atoms with E-state index >= 15 is 0 Å². The first kappa shape index (κ1) is 15.3. The monoisotopic (exact) mass is 287 g/mol. The van der Waals surface area contributed by atoms with Crippen LogP contribution in [-0.2, 0) is 4.79 Å². The van der Waals surface area contributed by atoms with Crippen LogP contribution in [0, 0.1) is 6.92 Å². The van der Waals surface area contributed by atoms with Crippen molar-refractivity contribution in [3.8, 4) is 0 Å². The van der Waals surface area contributed by atoms with Gasteiger partial charge in [-0.05, 0) is 62.9 Å². The highest BCUT2D eigenvalue weighted by atomic mass is 16.4. The molecule has 0 aromatic heterocycles. The molecule has 0 aliphatic carbocycles. The second-order valence-corrected chi connectivity index (χ2v) is 6.12. The molecule has 0 atom stereocenters. The van der Waals surface area contributed by atoms with Gasteiger partial charge in [-0.25, -0.2) is 4.79 Å². The third-order valence-corrected chi connectivity index (χ3v) is 4.08. The molecule has 1 saturated heterocycles. The van der Waals surface area contributed by atoms with Crippen molar-refractivity contribution in [2.24, 2.45) is 0 Å². The molecular weight excluding hydrogens is 266 g/mol. The van der Waals surface area contributed by atoms with E-state index in [2.05, 4.69) is 13.8 Å². The maximum atomic E-state index is 12.6. The second kappa shape index (κ2) is 5.72. The largest absolute Gasteiger partial charge is 0.478 e. The standard InChI is InChI=1S/C17H21NO3/c1-12-5-6-14(11-13(12)7-8-15(19)20)16(21)18-10-4-9-17(18,2)3/h5-8,11H,4,9-10H2,1-3H3,(H,19,20)/b8-7+. The van der Waals surface area contributed by atoms with E-state index in [9.17, 15) is 9.59 Å². The first-order chi connectivity index (χ1) is 9.81. The summed E-state index contributed by atoms with van der Waals surface area (Å²) in [6.45, 7) is 6.84. The second-order valence-electron chi connectivity index (χ2n) is 6.12. The van der Waals surface area contributed by atoms with E-state index in [1.807, 2.05) is 24.0 Å². The van der Waals surface area contributed by atoms with Crippen molar-refractivity contribution in [2.75, 3.05) is 6.54 Å². The number of likely N-dealkylation sites (tertiary alicyclic amines) is 1. The molecule has 0 radical (unpaired) electrons. The van der Waals surface area contributed by atoms with Crippen LogP contribution in [0.25, 0.3) is 6.08 Å². The van der Waals surface area contributed by atoms with Gasteiger partial charge in [-0.1, -0.05) is 6.07 Å². The summed E-state index contributed by atoms with van der Waals surface area (Å²) in [5.74, 6) is -0.978. The first-order valence-corrected chi connectivity index (χ1v) is 7.15. The van der Waals surface area contributed by atoms with E-state index in [4.69, 9.17) is 5.11 Å². The number of aliphatic carboxylic acids is 1. The molecule has 0 spiro atoms. The van der Waals surface area contributed by atoms with Crippen LogP contribution in [0.1, 0.15) is 48.2 Å². The Morgan fingerprint density at radius 2 is 2.05 bits per heavy atom. The number of benzene rings is 1. The number of nitrogens with zero attached hydrogens (tertiary/aromatic N) is 1. The van der Waals surface area contributed by atoms with Crippen molar-refractivity contribution in [2.45, 2.75) is 39.2 Å². The zero-order chi connectivity index (χ0) is 15.6.